The molecule has 0 fully saturated rings. The Bertz CT molecular complexity index is 569. The van der Waals surface area contributed by atoms with E-state index in [1.807, 2.05) is 27.7 Å². The molecule has 2 rings (SSSR count). The van der Waals surface area contributed by atoms with Gasteiger partial charge >= 0.3 is 6.09 Å². The number of rotatable bonds is 2. The van der Waals surface area contributed by atoms with Gasteiger partial charge in [-0.25, -0.2) is 14.8 Å². The van der Waals surface area contributed by atoms with Crippen molar-refractivity contribution in [3.8, 4) is 10.6 Å². The minimum absolute atomic E-state index is 0.502. The van der Waals surface area contributed by atoms with Crippen LogP contribution < -0.4 is 5.32 Å². The topological polar surface area (TPSA) is 79.9 Å². The summed E-state index contributed by atoms with van der Waals surface area (Å²) in [7, 11) is 0. The number of carbonyl (C=O) groups is 1. The van der Waals surface area contributed by atoms with Gasteiger partial charge in [0, 0.05) is 0 Å². The second-order valence-corrected chi connectivity index (χ2v) is 6.02. The number of aromatic nitrogens is 3. The monoisotopic (exact) mass is 280 g/mol. The molecular weight excluding hydrogens is 264 g/mol. The number of ether oxygens (including phenoxy) is 1. The molecular formula is C12H16N4O2S. The highest BCUT2D eigenvalue weighted by molar-refractivity contribution is 7.19. The van der Waals surface area contributed by atoms with Crippen molar-refractivity contribution in [3.63, 3.8) is 0 Å². The van der Waals surface area contributed by atoms with Crippen LogP contribution in [0.1, 0.15) is 26.5 Å². The van der Waals surface area contributed by atoms with Crippen LogP contribution in [0.25, 0.3) is 10.6 Å². The average Bonchev–Trinajstić information content (AvgIpc) is 2.84. The van der Waals surface area contributed by atoms with E-state index in [4.69, 9.17) is 4.74 Å². The molecule has 0 radical (unpaired) electrons. The van der Waals surface area contributed by atoms with Gasteiger partial charge < -0.3 is 9.72 Å². The Labute approximate surface area is 115 Å². The second-order valence-electron chi connectivity index (χ2n) is 5.03. The molecule has 2 aromatic rings. The fourth-order valence-corrected chi connectivity index (χ4v) is 2.40. The van der Waals surface area contributed by atoms with E-state index in [-0.39, 0.29) is 0 Å². The molecule has 0 aliphatic rings. The van der Waals surface area contributed by atoms with Crippen LogP contribution in [0.4, 0.5) is 9.93 Å². The molecule has 0 aromatic carbocycles. The second kappa shape index (κ2) is 5.00. The predicted molar refractivity (Wildman–Crippen MR) is 74.3 cm³/mol. The van der Waals surface area contributed by atoms with E-state index in [9.17, 15) is 4.79 Å². The molecule has 2 heterocycles. The summed E-state index contributed by atoms with van der Waals surface area (Å²) in [4.78, 5) is 23.9. The number of aryl methyl sites for hydroxylation is 1. The van der Waals surface area contributed by atoms with Crippen LogP contribution in [-0.4, -0.2) is 26.6 Å². The Balaban J connectivity index is 2.11. The quantitative estimate of drug-likeness (QED) is 0.885. The number of H-pyrrole nitrogens is 1. The molecule has 7 heteroatoms. The number of nitrogens with zero attached hydrogens (tertiary/aromatic N) is 2. The third kappa shape index (κ3) is 3.54. The minimum Gasteiger partial charge on any atom is -0.444 e. The Morgan fingerprint density at radius 2 is 2.21 bits per heavy atom. The zero-order valence-corrected chi connectivity index (χ0v) is 12.1. The summed E-state index contributed by atoms with van der Waals surface area (Å²) in [6.07, 6.45) is 2.82. The largest absolute Gasteiger partial charge is 0.444 e. The number of amides is 1. The van der Waals surface area contributed by atoms with Gasteiger partial charge in [0.05, 0.1) is 28.8 Å². The van der Waals surface area contributed by atoms with Crippen LogP contribution in [0.15, 0.2) is 12.5 Å². The summed E-state index contributed by atoms with van der Waals surface area (Å²) in [6, 6.07) is 0. The maximum atomic E-state index is 11.6. The number of carbonyl (C=O) groups excluding carboxylic acids is 1. The Morgan fingerprint density at radius 1 is 1.47 bits per heavy atom. The van der Waals surface area contributed by atoms with E-state index in [1.165, 1.54) is 11.3 Å². The molecule has 102 valence electrons. The zero-order chi connectivity index (χ0) is 14.0. The average molecular weight is 280 g/mol. The van der Waals surface area contributed by atoms with Gasteiger partial charge in [-0.3, -0.25) is 5.32 Å². The highest BCUT2D eigenvalue weighted by Crippen LogP contribution is 2.31. The number of thiazole rings is 1. The fraction of sp³-hybridized carbons (Fsp3) is 0.417. The smallest absolute Gasteiger partial charge is 0.413 e. The van der Waals surface area contributed by atoms with E-state index in [2.05, 4.69) is 20.3 Å². The third-order valence-electron chi connectivity index (χ3n) is 2.15. The van der Waals surface area contributed by atoms with Gasteiger partial charge in [0.1, 0.15) is 5.60 Å². The summed E-state index contributed by atoms with van der Waals surface area (Å²) >= 11 is 1.38. The normalized spacial score (nSPS) is 11.4. The van der Waals surface area contributed by atoms with Crippen molar-refractivity contribution in [2.24, 2.45) is 0 Å². The first-order valence-corrected chi connectivity index (χ1v) is 6.63. The minimum atomic E-state index is -0.525. The van der Waals surface area contributed by atoms with E-state index in [0.29, 0.717) is 5.13 Å². The molecule has 0 saturated heterocycles. The number of anilines is 1. The van der Waals surface area contributed by atoms with E-state index >= 15 is 0 Å². The van der Waals surface area contributed by atoms with Crippen molar-refractivity contribution < 1.29 is 9.53 Å². The first-order chi connectivity index (χ1) is 8.85. The molecule has 2 aromatic heterocycles. The zero-order valence-electron chi connectivity index (χ0n) is 11.3. The molecule has 19 heavy (non-hydrogen) atoms. The highest BCUT2D eigenvalue weighted by Gasteiger charge is 2.18. The van der Waals surface area contributed by atoms with E-state index in [1.54, 1.807) is 12.5 Å². The van der Waals surface area contributed by atoms with Crippen molar-refractivity contribution >= 4 is 22.6 Å². The summed E-state index contributed by atoms with van der Waals surface area (Å²) in [5.41, 5.74) is 1.19. The van der Waals surface area contributed by atoms with E-state index < -0.39 is 11.7 Å². The van der Waals surface area contributed by atoms with Crippen LogP contribution in [0.2, 0.25) is 0 Å². The first kappa shape index (κ1) is 13.5. The summed E-state index contributed by atoms with van der Waals surface area (Å²) in [5.74, 6) is 0. The molecule has 0 spiro atoms. The predicted octanol–water partition coefficient (Wildman–Crippen LogP) is 3.19. The first-order valence-electron chi connectivity index (χ1n) is 5.81. The molecule has 1 amide bonds. The lowest BCUT2D eigenvalue weighted by molar-refractivity contribution is 0.0636. The van der Waals surface area contributed by atoms with Crippen LogP contribution in [0.5, 0.6) is 0 Å². The third-order valence-corrected chi connectivity index (χ3v) is 3.25. The summed E-state index contributed by atoms with van der Waals surface area (Å²) < 4.78 is 5.18. The van der Waals surface area contributed by atoms with Gasteiger partial charge in [-0.2, -0.15) is 0 Å². The molecule has 0 aliphatic heterocycles. The molecule has 6 nitrogen and oxygen atoms in total. The van der Waals surface area contributed by atoms with Crippen LogP contribution >= 0.6 is 11.3 Å². The number of hydrogen-bond acceptors (Lipinski definition) is 5. The van der Waals surface area contributed by atoms with Crippen molar-refractivity contribution in [1.29, 1.82) is 0 Å². The van der Waals surface area contributed by atoms with Gasteiger partial charge in [-0.1, -0.05) is 11.3 Å². The number of aromatic amines is 1. The molecule has 0 saturated carbocycles. The lowest BCUT2D eigenvalue weighted by atomic mass is 10.2. The van der Waals surface area contributed by atoms with Crippen molar-refractivity contribution in [2.45, 2.75) is 33.3 Å². The number of nitrogens with one attached hydrogen (secondary N) is 2. The standard InChI is InChI=1S/C12H16N4O2S/c1-7-9(8-5-13-6-14-8)19-10(15-7)16-11(17)18-12(2,3)4/h5-6H,1-4H3,(H,13,14)(H,15,16,17). The van der Waals surface area contributed by atoms with Gasteiger partial charge in [-0.05, 0) is 27.7 Å². The molecule has 0 atom stereocenters. The Hall–Kier alpha value is -1.89. The van der Waals surface area contributed by atoms with Gasteiger partial charge in [0.25, 0.3) is 0 Å². The molecule has 0 unspecified atom stereocenters. The molecule has 0 aliphatic carbocycles. The maximum absolute atomic E-state index is 11.6. The lowest BCUT2D eigenvalue weighted by Crippen LogP contribution is -2.27. The van der Waals surface area contributed by atoms with Crippen molar-refractivity contribution in [1.82, 2.24) is 15.0 Å². The summed E-state index contributed by atoms with van der Waals surface area (Å²) in [6.45, 7) is 7.33. The van der Waals surface area contributed by atoms with Crippen LogP contribution in [-0.2, 0) is 4.74 Å². The van der Waals surface area contributed by atoms with Crippen molar-refractivity contribution in [3.05, 3.63) is 18.2 Å². The Morgan fingerprint density at radius 3 is 2.79 bits per heavy atom. The van der Waals surface area contributed by atoms with Crippen LogP contribution in [0, 0.1) is 6.92 Å². The number of imidazole rings is 1. The SMILES string of the molecule is Cc1nc(NC(=O)OC(C)(C)C)sc1-c1cnc[nH]1. The highest BCUT2D eigenvalue weighted by atomic mass is 32.1. The maximum Gasteiger partial charge on any atom is 0.413 e. The lowest BCUT2D eigenvalue weighted by Gasteiger charge is -2.18. The van der Waals surface area contributed by atoms with Crippen LogP contribution in [0.3, 0.4) is 0 Å². The van der Waals surface area contributed by atoms with E-state index in [0.717, 1.165) is 16.3 Å². The van der Waals surface area contributed by atoms with Gasteiger partial charge in [-0.15, -0.1) is 0 Å². The molecule has 2 N–H and O–H groups in total. The van der Waals surface area contributed by atoms with Gasteiger partial charge in [0.2, 0.25) is 0 Å². The van der Waals surface area contributed by atoms with Gasteiger partial charge in [0.15, 0.2) is 5.13 Å². The fourth-order valence-electron chi connectivity index (χ4n) is 1.47. The Kier molecular flexibility index (Phi) is 3.57. The number of hydrogen-bond donors (Lipinski definition) is 2. The summed E-state index contributed by atoms with van der Waals surface area (Å²) in [5, 5.41) is 3.14. The molecule has 0 bridgehead atoms. The van der Waals surface area contributed by atoms with Crippen molar-refractivity contribution in [2.75, 3.05) is 5.32 Å².